The highest BCUT2D eigenvalue weighted by atomic mass is 35.5. The maximum atomic E-state index is 6.39. The summed E-state index contributed by atoms with van der Waals surface area (Å²) in [5, 5.41) is 23.9. The number of nitrogens with zero attached hydrogens (tertiary/aromatic N) is 1. The second-order valence-corrected chi connectivity index (χ2v) is 25.5. The molecule has 0 bridgehead atoms. The quantitative estimate of drug-likeness (QED) is 0.159. The molecule has 0 saturated carbocycles. The summed E-state index contributed by atoms with van der Waals surface area (Å²) < 4.78 is 36.9. The van der Waals surface area contributed by atoms with Gasteiger partial charge in [0.2, 0.25) is 0 Å². The van der Waals surface area contributed by atoms with Gasteiger partial charge < -0.3 is 31.4 Å². The molecule has 8 heteroatoms. The Morgan fingerprint density at radius 2 is 0.526 bits per heavy atom. The molecular formula is C89H52ClNO6. The zero-order valence-electron chi connectivity index (χ0n) is 51.8. The fraction of sp³-hybridized carbons (Fsp3) is 0.0112. The molecule has 0 unspecified atom stereocenters. The topological polar surface area (TPSA) is 82.1 Å². The monoisotopic (exact) mass is 1270 g/mol. The molecule has 97 heavy (non-hydrogen) atoms. The molecule has 6 heterocycles. The summed E-state index contributed by atoms with van der Waals surface area (Å²) in [4.78, 5) is 2.32. The number of para-hydroxylation sites is 6. The number of hydrogen-bond acceptors (Lipinski definition) is 7. The van der Waals surface area contributed by atoms with Crippen LogP contribution in [0.1, 0.15) is 11.1 Å². The largest absolute Gasteiger partial charge is 0.456 e. The second kappa shape index (κ2) is 21.8. The molecule has 22 aromatic rings. The minimum atomic E-state index is 0.754. The standard InChI is InChI=1S/C44H25NO3.C25H16O2.C20H11ClO/c1-4-10-37-31(7-1)33-20-18-30(25-42(33)48-37)45(29-19-22-40-36(24-29)32-8-2-5-11-38(32)46-40)28-17-15-26-13-14-27-16-21-41-44(43(27)35(26)23-28)34-9-3-6-12-39(34)47-41;1-3-7-22-18(5-1)20-11-9-17(15-25(20)27-22)13-16-10-12-24-21(14-16)19-6-2-4-8-23(19)26-24;21-14-9-7-12-5-6-13-8-10-18-20(19(13)16(12)11-14)15-3-1-2-4-17(15)22-18/h1-25H;1-12,14-15H,13H2;1-11H. The highest BCUT2D eigenvalue weighted by molar-refractivity contribution is 6.33. The first-order chi connectivity index (χ1) is 47.9. The van der Waals surface area contributed by atoms with Gasteiger partial charge in [0.25, 0.3) is 0 Å². The van der Waals surface area contributed by atoms with E-state index < -0.39 is 0 Å². The van der Waals surface area contributed by atoms with E-state index in [1.54, 1.807) is 0 Å². The molecule has 0 aliphatic rings. The molecule has 22 rings (SSSR count). The molecule has 0 fully saturated rings. The number of halogens is 1. The van der Waals surface area contributed by atoms with Gasteiger partial charge in [0, 0.05) is 104 Å². The number of hydrogen-bond donors (Lipinski definition) is 0. The predicted octanol–water partition coefficient (Wildman–Crippen LogP) is 26.8. The van der Waals surface area contributed by atoms with Crippen molar-refractivity contribution in [2.24, 2.45) is 0 Å². The van der Waals surface area contributed by atoms with Gasteiger partial charge in [-0.05, 0) is 171 Å². The molecule has 0 spiro atoms. The van der Waals surface area contributed by atoms with Gasteiger partial charge in [0.1, 0.15) is 67.0 Å². The van der Waals surface area contributed by atoms with Crippen LogP contribution in [0.25, 0.3) is 175 Å². The molecular weight excluding hydrogens is 1210 g/mol. The molecule has 0 aliphatic heterocycles. The Labute approximate surface area is 557 Å². The smallest absolute Gasteiger partial charge is 0.137 e. The van der Waals surface area contributed by atoms with Gasteiger partial charge in [0.15, 0.2) is 0 Å². The van der Waals surface area contributed by atoms with Crippen LogP contribution in [0.15, 0.2) is 330 Å². The van der Waals surface area contributed by atoms with Crippen LogP contribution < -0.4 is 4.90 Å². The number of furan rings is 6. The molecule has 7 nitrogen and oxygen atoms in total. The third-order valence-electron chi connectivity index (χ3n) is 19.4. The van der Waals surface area contributed by atoms with Crippen molar-refractivity contribution in [1.29, 1.82) is 0 Å². The highest BCUT2D eigenvalue weighted by Crippen LogP contribution is 2.46. The molecule has 456 valence electrons. The Hall–Kier alpha value is -12.6. The predicted molar refractivity (Wildman–Crippen MR) is 402 cm³/mol. The van der Waals surface area contributed by atoms with Crippen molar-refractivity contribution in [1.82, 2.24) is 0 Å². The first-order valence-corrected chi connectivity index (χ1v) is 32.9. The van der Waals surface area contributed by atoms with E-state index >= 15 is 0 Å². The van der Waals surface area contributed by atoms with Gasteiger partial charge in [-0.2, -0.15) is 0 Å². The van der Waals surface area contributed by atoms with Crippen LogP contribution in [-0.2, 0) is 6.42 Å². The van der Waals surface area contributed by atoms with Crippen LogP contribution in [0.2, 0.25) is 5.02 Å². The first kappa shape index (κ1) is 55.0. The molecule has 6 aromatic heterocycles. The zero-order chi connectivity index (χ0) is 63.8. The van der Waals surface area contributed by atoms with Crippen LogP contribution in [0.5, 0.6) is 0 Å². The molecule has 16 aromatic carbocycles. The number of fused-ring (bicyclic) bond motifs is 26. The summed E-state index contributed by atoms with van der Waals surface area (Å²) in [7, 11) is 0. The van der Waals surface area contributed by atoms with E-state index in [2.05, 4.69) is 211 Å². The van der Waals surface area contributed by atoms with Crippen molar-refractivity contribution < 1.29 is 26.5 Å². The van der Waals surface area contributed by atoms with Crippen molar-refractivity contribution >= 4 is 203 Å². The Bertz CT molecular complexity index is 6970. The molecule has 0 aliphatic carbocycles. The summed E-state index contributed by atoms with van der Waals surface area (Å²) >= 11 is 6.24. The van der Waals surface area contributed by atoms with E-state index in [-0.39, 0.29) is 0 Å². The lowest BCUT2D eigenvalue weighted by atomic mass is 9.97. The third kappa shape index (κ3) is 9.04. The van der Waals surface area contributed by atoms with E-state index in [9.17, 15) is 0 Å². The lowest BCUT2D eigenvalue weighted by Crippen LogP contribution is -2.09. The molecule has 0 N–H and O–H groups in total. The van der Waals surface area contributed by atoms with Gasteiger partial charge >= 0.3 is 0 Å². The van der Waals surface area contributed by atoms with Crippen LogP contribution in [-0.4, -0.2) is 0 Å². The maximum Gasteiger partial charge on any atom is 0.137 e. The van der Waals surface area contributed by atoms with Crippen LogP contribution in [0.4, 0.5) is 17.1 Å². The average Bonchev–Trinajstić information content (AvgIpc) is 1.65. The average molecular weight is 1270 g/mol. The van der Waals surface area contributed by atoms with Crippen molar-refractivity contribution in [3.05, 3.63) is 319 Å². The van der Waals surface area contributed by atoms with Crippen molar-refractivity contribution in [3.63, 3.8) is 0 Å². The number of benzene rings is 16. The van der Waals surface area contributed by atoms with E-state index in [4.69, 9.17) is 38.1 Å². The van der Waals surface area contributed by atoms with Gasteiger partial charge in [-0.15, -0.1) is 0 Å². The van der Waals surface area contributed by atoms with Gasteiger partial charge in [0.05, 0.1) is 0 Å². The SMILES string of the molecule is Clc1ccc2ccc3ccc4oc5ccccc5c4c3c2c1.c1ccc2c(c1)oc1cc(Cc3ccc4oc5ccccc5c4c3)ccc12.c1ccc2c(c1)oc1cc(N(c3ccc4oc5ccccc5c4c3)c3ccc4ccc5ccc6oc7ccccc7c6c5c4c3)ccc12. The number of anilines is 3. The minimum absolute atomic E-state index is 0.754. The van der Waals surface area contributed by atoms with Gasteiger partial charge in [-0.1, -0.05) is 188 Å². The lowest BCUT2D eigenvalue weighted by molar-refractivity contribution is 0.667. The fourth-order valence-electron chi connectivity index (χ4n) is 15.0. The summed E-state index contributed by atoms with van der Waals surface area (Å²) in [6.07, 6.45) is 0.864. The Balaban J connectivity index is 0.000000110. The molecule has 0 saturated heterocycles. The summed E-state index contributed by atoms with van der Waals surface area (Å²) in [5.74, 6) is 0. The van der Waals surface area contributed by atoms with Crippen LogP contribution in [0.3, 0.4) is 0 Å². The van der Waals surface area contributed by atoms with Crippen molar-refractivity contribution in [2.45, 2.75) is 6.42 Å². The first-order valence-electron chi connectivity index (χ1n) is 32.6. The zero-order valence-corrected chi connectivity index (χ0v) is 52.6. The van der Waals surface area contributed by atoms with Crippen LogP contribution in [0, 0.1) is 0 Å². The van der Waals surface area contributed by atoms with E-state index in [1.807, 2.05) is 97.1 Å². The summed E-state index contributed by atoms with van der Waals surface area (Å²) in [6, 6.07) is 105. The normalized spacial score (nSPS) is 12.0. The van der Waals surface area contributed by atoms with Gasteiger partial charge in [-0.25, -0.2) is 0 Å². The summed E-state index contributed by atoms with van der Waals surface area (Å²) in [6.45, 7) is 0. The van der Waals surface area contributed by atoms with Crippen molar-refractivity contribution in [3.8, 4) is 0 Å². The molecule has 0 radical (unpaired) electrons. The molecule has 0 atom stereocenters. The Kier molecular flexibility index (Phi) is 12.3. The van der Waals surface area contributed by atoms with E-state index in [1.165, 1.54) is 81.1 Å². The maximum absolute atomic E-state index is 6.39. The van der Waals surface area contributed by atoms with E-state index in [0.717, 1.165) is 133 Å². The lowest BCUT2D eigenvalue weighted by Gasteiger charge is -2.26. The molecule has 0 amide bonds. The minimum Gasteiger partial charge on any atom is -0.456 e. The van der Waals surface area contributed by atoms with E-state index in [0.29, 0.717) is 0 Å². The third-order valence-corrected chi connectivity index (χ3v) is 19.7. The highest BCUT2D eigenvalue weighted by Gasteiger charge is 2.21. The number of rotatable bonds is 5. The van der Waals surface area contributed by atoms with Gasteiger partial charge in [-0.3, -0.25) is 0 Å². The second-order valence-electron chi connectivity index (χ2n) is 25.1. The fourth-order valence-corrected chi connectivity index (χ4v) is 15.1. The Morgan fingerprint density at radius 1 is 0.206 bits per heavy atom. The van der Waals surface area contributed by atoms with Crippen molar-refractivity contribution in [2.75, 3.05) is 4.90 Å². The van der Waals surface area contributed by atoms with Crippen LogP contribution >= 0.6 is 11.6 Å². The Morgan fingerprint density at radius 3 is 1.09 bits per heavy atom. The summed E-state index contributed by atoms with van der Waals surface area (Å²) in [5.41, 5.74) is 16.5.